The maximum absolute atomic E-state index is 13.1. The van der Waals surface area contributed by atoms with Crippen molar-refractivity contribution in [1.29, 1.82) is 0 Å². The Labute approximate surface area is 114 Å². The van der Waals surface area contributed by atoms with Crippen LogP contribution in [0.1, 0.15) is 16.5 Å². The summed E-state index contributed by atoms with van der Waals surface area (Å²) in [5.41, 5.74) is 1.50. The first-order valence-electron chi connectivity index (χ1n) is 5.40. The lowest BCUT2D eigenvalue weighted by atomic mass is 10.0. The largest absolute Gasteiger partial charge is 0.204 e. The predicted octanol–water partition coefficient (Wildman–Crippen LogP) is 5.14. The second kappa shape index (κ2) is 5.68. The molecule has 2 aromatic rings. The van der Waals surface area contributed by atoms with Crippen molar-refractivity contribution in [2.24, 2.45) is 0 Å². The Morgan fingerprint density at radius 2 is 1.78 bits per heavy atom. The highest BCUT2D eigenvalue weighted by Gasteiger charge is 2.12. The Morgan fingerprint density at radius 1 is 1.00 bits per heavy atom. The lowest BCUT2D eigenvalue weighted by Gasteiger charge is -2.10. The second-order valence-electron chi connectivity index (χ2n) is 3.98. The zero-order valence-electron chi connectivity index (χ0n) is 9.34. The van der Waals surface area contributed by atoms with Gasteiger partial charge >= 0.3 is 0 Å². The lowest BCUT2D eigenvalue weighted by Crippen LogP contribution is -1.97. The summed E-state index contributed by atoms with van der Waals surface area (Å²) in [6, 6.07) is 11.0. The molecule has 1 unspecified atom stereocenters. The van der Waals surface area contributed by atoms with Crippen LogP contribution in [-0.2, 0) is 6.42 Å². The average molecular weight is 287 g/mol. The first-order chi connectivity index (χ1) is 8.56. The second-order valence-corrected chi connectivity index (χ2v) is 4.94. The highest BCUT2D eigenvalue weighted by Crippen LogP contribution is 2.27. The van der Waals surface area contributed by atoms with Gasteiger partial charge in [-0.15, -0.1) is 11.6 Å². The Balaban J connectivity index is 2.16. The minimum atomic E-state index is -0.885. The van der Waals surface area contributed by atoms with Crippen LogP contribution in [0.4, 0.5) is 8.78 Å². The van der Waals surface area contributed by atoms with Crippen LogP contribution in [-0.4, -0.2) is 0 Å². The first kappa shape index (κ1) is 13.3. The zero-order valence-corrected chi connectivity index (χ0v) is 10.8. The molecule has 0 spiro atoms. The number of benzene rings is 2. The predicted molar refractivity (Wildman–Crippen MR) is 70.1 cm³/mol. The zero-order chi connectivity index (χ0) is 13.1. The molecule has 0 radical (unpaired) electrons. The summed E-state index contributed by atoms with van der Waals surface area (Å²) < 4.78 is 25.9. The fourth-order valence-electron chi connectivity index (χ4n) is 1.70. The smallest absolute Gasteiger partial charge is 0.159 e. The summed E-state index contributed by atoms with van der Waals surface area (Å²) in [5.74, 6) is -1.75. The summed E-state index contributed by atoms with van der Waals surface area (Å²) >= 11 is 12.1. The van der Waals surface area contributed by atoms with Crippen LogP contribution in [0.3, 0.4) is 0 Å². The van der Waals surface area contributed by atoms with Gasteiger partial charge in [-0.3, -0.25) is 0 Å². The minimum absolute atomic E-state index is 0.418. The summed E-state index contributed by atoms with van der Waals surface area (Å²) in [6.07, 6.45) is 0.507. The van der Waals surface area contributed by atoms with Crippen molar-refractivity contribution in [3.05, 3.63) is 70.2 Å². The molecule has 0 aliphatic rings. The van der Waals surface area contributed by atoms with Crippen molar-refractivity contribution in [2.45, 2.75) is 11.8 Å². The van der Waals surface area contributed by atoms with Gasteiger partial charge in [0.15, 0.2) is 11.6 Å². The van der Waals surface area contributed by atoms with Crippen LogP contribution in [0.15, 0.2) is 42.5 Å². The molecular formula is C14H10Cl2F2. The van der Waals surface area contributed by atoms with E-state index < -0.39 is 17.0 Å². The molecular weight excluding hydrogens is 277 g/mol. The summed E-state index contributed by atoms with van der Waals surface area (Å²) in [4.78, 5) is 0. The molecule has 0 saturated carbocycles. The Kier molecular flexibility index (Phi) is 4.20. The monoisotopic (exact) mass is 286 g/mol. The Hall–Kier alpha value is -1.12. The summed E-state index contributed by atoms with van der Waals surface area (Å²) in [7, 11) is 0. The average Bonchev–Trinajstić information content (AvgIpc) is 2.32. The van der Waals surface area contributed by atoms with Gasteiger partial charge in [0.05, 0.1) is 5.38 Å². The number of hydrogen-bond acceptors (Lipinski definition) is 0. The van der Waals surface area contributed by atoms with Crippen LogP contribution in [0.25, 0.3) is 0 Å². The van der Waals surface area contributed by atoms with Gasteiger partial charge in [-0.2, -0.15) is 0 Å². The van der Waals surface area contributed by atoms with Crippen molar-refractivity contribution in [1.82, 2.24) is 0 Å². The molecule has 0 nitrogen and oxygen atoms in total. The molecule has 2 rings (SSSR count). The van der Waals surface area contributed by atoms with Gasteiger partial charge in [-0.05, 0) is 41.8 Å². The third-order valence-electron chi connectivity index (χ3n) is 2.61. The number of halogens is 4. The van der Waals surface area contributed by atoms with Crippen molar-refractivity contribution >= 4 is 23.2 Å². The summed E-state index contributed by atoms with van der Waals surface area (Å²) in [5, 5.41) is 0.209. The van der Waals surface area contributed by atoms with E-state index in [-0.39, 0.29) is 0 Å². The quantitative estimate of drug-likeness (QED) is 0.685. The molecule has 0 amide bonds. The minimum Gasteiger partial charge on any atom is -0.204 e. The molecule has 0 bridgehead atoms. The molecule has 0 aliphatic carbocycles. The van der Waals surface area contributed by atoms with Gasteiger partial charge in [-0.25, -0.2) is 8.78 Å². The number of rotatable bonds is 3. The maximum atomic E-state index is 13.1. The lowest BCUT2D eigenvalue weighted by molar-refractivity contribution is 0.507. The third-order valence-corrected chi connectivity index (χ3v) is 3.25. The molecule has 0 aliphatic heterocycles. The molecule has 18 heavy (non-hydrogen) atoms. The topological polar surface area (TPSA) is 0 Å². The van der Waals surface area contributed by atoms with E-state index in [1.165, 1.54) is 6.07 Å². The maximum Gasteiger partial charge on any atom is 0.159 e. The third kappa shape index (κ3) is 3.21. The molecule has 4 heteroatoms. The van der Waals surface area contributed by atoms with Gasteiger partial charge in [0, 0.05) is 5.02 Å². The van der Waals surface area contributed by atoms with Crippen molar-refractivity contribution in [2.75, 3.05) is 0 Å². The molecule has 0 fully saturated rings. The molecule has 94 valence electrons. The SMILES string of the molecule is Fc1ccc(C(Cl)Cc2cccc(Cl)c2)cc1F. The fourth-order valence-corrected chi connectivity index (χ4v) is 2.22. The molecule has 0 aromatic heterocycles. The van der Waals surface area contributed by atoms with E-state index in [0.29, 0.717) is 17.0 Å². The molecule has 0 saturated heterocycles. The molecule has 0 heterocycles. The Morgan fingerprint density at radius 3 is 2.44 bits per heavy atom. The van der Waals surface area contributed by atoms with Crippen molar-refractivity contribution in [3.63, 3.8) is 0 Å². The van der Waals surface area contributed by atoms with Gasteiger partial charge < -0.3 is 0 Å². The van der Waals surface area contributed by atoms with E-state index >= 15 is 0 Å². The van der Waals surface area contributed by atoms with E-state index in [1.54, 1.807) is 12.1 Å². The van der Waals surface area contributed by atoms with Gasteiger partial charge in [0.25, 0.3) is 0 Å². The highest BCUT2D eigenvalue weighted by atomic mass is 35.5. The number of hydrogen-bond donors (Lipinski definition) is 0. The molecule has 1 atom stereocenters. The summed E-state index contributed by atoms with van der Waals surface area (Å²) in [6.45, 7) is 0. The van der Waals surface area contributed by atoms with Crippen molar-refractivity contribution < 1.29 is 8.78 Å². The normalized spacial score (nSPS) is 12.4. The molecule has 0 N–H and O–H groups in total. The van der Waals surface area contributed by atoms with Crippen LogP contribution < -0.4 is 0 Å². The Bertz CT molecular complexity index is 555. The van der Waals surface area contributed by atoms with E-state index in [2.05, 4.69) is 0 Å². The fraction of sp³-hybridized carbons (Fsp3) is 0.143. The van der Waals surface area contributed by atoms with Gasteiger partial charge in [0.1, 0.15) is 0 Å². The number of alkyl halides is 1. The van der Waals surface area contributed by atoms with Crippen LogP contribution in [0.2, 0.25) is 5.02 Å². The van der Waals surface area contributed by atoms with Gasteiger partial charge in [0.2, 0.25) is 0 Å². The standard InChI is InChI=1S/C14H10Cl2F2/c15-11-3-1-2-9(6-11)7-12(16)10-4-5-13(17)14(18)8-10/h1-6,8,12H,7H2. The van der Waals surface area contributed by atoms with Crippen molar-refractivity contribution in [3.8, 4) is 0 Å². The molecule has 2 aromatic carbocycles. The first-order valence-corrected chi connectivity index (χ1v) is 6.21. The highest BCUT2D eigenvalue weighted by molar-refractivity contribution is 6.30. The van der Waals surface area contributed by atoms with Crippen LogP contribution >= 0.6 is 23.2 Å². The van der Waals surface area contributed by atoms with E-state index in [4.69, 9.17) is 23.2 Å². The van der Waals surface area contributed by atoms with E-state index in [9.17, 15) is 8.78 Å². The van der Waals surface area contributed by atoms with Crippen LogP contribution in [0, 0.1) is 11.6 Å². The van der Waals surface area contributed by atoms with E-state index in [1.807, 2.05) is 12.1 Å². The van der Waals surface area contributed by atoms with Crippen LogP contribution in [0.5, 0.6) is 0 Å². The van der Waals surface area contributed by atoms with Gasteiger partial charge in [-0.1, -0.05) is 29.8 Å². The van der Waals surface area contributed by atoms with E-state index in [0.717, 1.165) is 17.7 Å².